The number of hydrogen-bond acceptors (Lipinski definition) is 3. The number of hydrogen-bond donors (Lipinski definition) is 2. The van der Waals surface area contributed by atoms with Crippen molar-refractivity contribution in [2.45, 2.75) is 26.3 Å². The van der Waals surface area contributed by atoms with Crippen LogP contribution in [0.5, 0.6) is 0 Å². The first-order chi connectivity index (χ1) is 6.97. The van der Waals surface area contributed by atoms with Gasteiger partial charge in [-0.3, -0.25) is 9.59 Å². The van der Waals surface area contributed by atoms with Crippen LogP contribution in [0.3, 0.4) is 0 Å². The average molecular weight is 214 g/mol. The number of nitrogens with zero attached hydrogens (tertiary/aromatic N) is 1. The van der Waals surface area contributed by atoms with Crippen LogP contribution < -0.4 is 5.73 Å². The lowest BCUT2D eigenvalue weighted by atomic mass is 9.99. The molecule has 3 N–H and O–H groups in total. The minimum absolute atomic E-state index is 0.00973. The smallest absolute Gasteiger partial charge is 0.308 e. The summed E-state index contributed by atoms with van der Waals surface area (Å²) in [6, 6.07) is -0.496. The molecule has 3 atom stereocenters. The number of rotatable bonds is 3. The highest BCUT2D eigenvalue weighted by atomic mass is 16.4. The monoisotopic (exact) mass is 214 g/mol. The van der Waals surface area contributed by atoms with Crippen molar-refractivity contribution in [3.8, 4) is 0 Å². The van der Waals surface area contributed by atoms with Crippen LogP contribution in [0.2, 0.25) is 0 Å². The Morgan fingerprint density at radius 3 is 2.53 bits per heavy atom. The summed E-state index contributed by atoms with van der Waals surface area (Å²) in [5.74, 6) is -1.40. The van der Waals surface area contributed by atoms with E-state index < -0.39 is 17.9 Å². The highest BCUT2D eigenvalue weighted by Crippen LogP contribution is 2.23. The Bertz CT molecular complexity index is 267. The summed E-state index contributed by atoms with van der Waals surface area (Å²) in [7, 11) is 0. The standard InChI is InChI=1S/C10H18N2O3/c1-3-8(11)9(13)12-4-6(2)7(5-12)10(14)15/h6-8H,3-5,11H2,1-2H3,(H,14,15)/t6-,7-,8+/m1/s1. The van der Waals surface area contributed by atoms with Gasteiger partial charge in [-0.2, -0.15) is 0 Å². The van der Waals surface area contributed by atoms with Gasteiger partial charge in [-0.15, -0.1) is 0 Å². The fourth-order valence-corrected chi connectivity index (χ4v) is 1.88. The van der Waals surface area contributed by atoms with E-state index in [0.29, 0.717) is 19.5 Å². The Balaban J connectivity index is 2.62. The molecule has 0 bridgehead atoms. The molecule has 0 unspecified atom stereocenters. The molecule has 15 heavy (non-hydrogen) atoms. The maximum atomic E-state index is 11.7. The number of likely N-dealkylation sites (tertiary alicyclic amines) is 1. The van der Waals surface area contributed by atoms with Gasteiger partial charge in [-0.1, -0.05) is 13.8 Å². The summed E-state index contributed by atoms with van der Waals surface area (Å²) in [6.07, 6.45) is 0.585. The van der Waals surface area contributed by atoms with E-state index in [4.69, 9.17) is 10.8 Å². The van der Waals surface area contributed by atoms with Crippen LogP contribution in [0.25, 0.3) is 0 Å². The Kier molecular flexibility index (Phi) is 3.68. The van der Waals surface area contributed by atoms with E-state index in [1.807, 2.05) is 13.8 Å². The molecule has 0 aromatic heterocycles. The molecule has 1 amide bonds. The Labute approximate surface area is 89.2 Å². The van der Waals surface area contributed by atoms with Crippen LogP contribution in [0.4, 0.5) is 0 Å². The fraction of sp³-hybridized carbons (Fsp3) is 0.800. The maximum absolute atomic E-state index is 11.7. The third kappa shape index (κ3) is 2.47. The van der Waals surface area contributed by atoms with Gasteiger partial charge < -0.3 is 15.7 Å². The lowest BCUT2D eigenvalue weighted by Crippen LogP contribution is -2.42. The molecule has 0 saturated carbocycles. The van der Waals surface area contributed by atoms with Gasteiger partial charge in [0.25, 0.3) is 0 Å². The van der Waals surface area contributed by atoms with E-state index in [2.05, 4.69) is 0 Å². The topological polar surface area (TPSA) is 83.6 Å². The molecule has 5 nitrogen and oxygen atoms in total. The van der Waals surface area contributed by atoms with Crippen LogP contribution in [0.15, 0.2) is 0 Å². The molecule has 5 heteroatoms. The SMILES string of the molecule is CC[C@H](N)C(=O)N1C[C@@H](C)[C@H](C(=O)O)C1. The van der Waals surface area contributed by atoms with E-state index in [-0.39, 0.29) is 11.8 Å². The first kappa shape index (κ1) is 12.0. The molecule has 1 heterocycles. The zero-order chi connectivity index (χ0) is 11.6. The summed E-state index contributed by atoms with van der Waals surface area (Å²) >= 11 is 0. The minimum atomic E-state index is -0.831. The summed E-state index contributed by atoms with van der Waals surface area (Å²) in [4.78, 5) is 24.1. The lowest BCUT2D eigenvalue weighted by Gasteiger charge is -2.19. The highest BCUT2D eigenvalue weighted by molar-refractivity contribution is 5.83. The number of carboxylic acids is 1. The molecule has 1 saturated heterocycles. The highest BCUT2D eigenvalue weighted by Gasteiger charge is 2.37. The second-order valence-corrected chi connectivity index (χ2v) is 4.18. The Morgan fingerprint density at radius 1 is 1.53 bits per heavy atom. The molecule has 1 rings (SSSR count). The lowest BCUT2D eigenvalue weighted by molar-refractivity contribution is -0.142. The van der Waals surface area contributed by atoms with Crippen LogP contribution in [-0.2, 0) is 9.59 Å². The van der Waals surface area contributed by atoms with E-state index >= 15 is 0 Å². The van der Waals surface area contributed by atoms with Crippen molar-refractivity contribution in [2.24, 2.45) is 17.6 Å². The van der Waals surface area contributed by atoms with Gasteiger partial charge in [-0.05, 0) is 12.3 Å². The molecule has 0 aromatic carbocycles. The second kappa shape index (κ2) is 4.61. The van der Waals surface area contributed by atoms with Crippen molar-refractivity contribution < 1.29 is 14.7 Å². The van der Waals surface area contributed by atoms with Crippen molar-refractivity contribution in [1.29, 1.82) is 0 Å². The molecule has 1 fully saturated rings. The first-order valence-electron chi connectivity index (χ1n) is 5.24. The van der Waals surface area contributed by atoms with Crippen LogP contribution >= 0.6 is 0 Å². The van der Waals surface area contributed by atoms with Gasteiger partial charge in [0.05, 0.1) is 12.0 Å². The minimum Gasteiger partial charge on any atom is -0.481 e. The van der Waals surface area contributed by atoms with Crippen LogP contribution in [0, 0.1) is 11.8 Å². The Hall–Kier alpha value is -1.10. The normalized spacial score (nSPS) is 27.8. The quantitative estimate of drug-likeness (QED) is 0.687. The van der Waals surface area contributed by atoms with Gasteiger partial charge in [0.2, 0.25) is 5.91 Å². The largest absolute Gasteiger partial charge is 0.481 e. The number of amides is 1. The van der Waals surface area contributed by atoms with Crippen LogP contribution in [-0.4, -0.2) is 41.0 Å². The van der Waals surface area contributed by atoms with Crippen molar-refractivity contribution in [3.63, 3.8) is 0 Å². The summed E-state index contributed by atoms with van der Waals surface area (Å²) in [6.45, 7) is 4.49. The zero-order valence-electron chi connectivity index (χ0n) is 9.14. The van der Waals surface area contributed by atoms with Crippen molar-refractivity contribution >= 4 is 11.9 Å². The van der Waals surface area contributed by atoms with Gasteiger partial charge in [0, 0.05) is 13.1 Å². The zero-order valence-corrected chi connectivity index (χ0v) is 9.14. The van der Waals surface area contributed by atoms with Crippen molar-refractivity contribution in [1.82, 2.24) is 4.90 Å². The first-order valence-corrected chi connectivity index (χ1v) is 5.24. The summed E-state index contributed by atoms with van der Waals surface area (Å²) in [5, 5.41) is 8.91. The van der Waals surface area contributed by atoms with Gasteiger partial charge in [0.15, 0.2) is 0 Å². The van der Waals surface area contributed by atoms with E-state index in [9.17, 15) is 9.59 Å². The third-order valence-corrected chi connectivity index (χ3v) is 3.00. The molecular weight excluding hydrogens is 196 g/mol. The number of carbonyl (C=O) groups is 2. The molecule has 0 aromatic rings. The number of aliphatic carboxylic acids is 1. The molecular formula is C10H18N2O3. The van der Waals surface area contributed by atoms with Gasteiger partial charge in [0.1, 0.15) is 0 Å². The predicted molar refractivity (Wildman–Crippen MR) is 55.1 cm³/mol. The van der Waals surface area contributed by atoms with E-state index in [1.165, 1.54) is 0 Å². The van der Waals surface area contributed by atoms with Crippen LogP contribution in [0.1, 0.15) is 20.3 Å². The summed E-state index contributed by atoms with van der Waals surface area (Å²) < 4.78 is 0. The molecule has 0 spiro atoms. The van der Waals surface area contributed by atoms with Gasteiger partial charge in [-0.25, -0.2) is 0 Å². The van der Waals surface area contributed by atoms with E-state index in [1.54, 1.807) is 4.90 Å². The number of nitrogens with two attached hydrogens (primary N) is 1. The second-order valence-electron chi connectivity index (χ2n) is 4.18. The average Bonchev–Trinajstić information content (AvgIpc) is 2.58. The molecule has 0 aliphatic carbocycles. The molecule has 86 valence electrons. The third-order valence-electron chi connectivity index (χ3n) is 3.00. The van der Waals surface area contributed by atoms with E-state index in [0.717, 1.165) is 0 Å². The fourth-order valence-electron chi connectivity index (χ4n) is 1.88. The predicted octanol–water partition coefficient (Wildman–Crippen LogP) is -0.0972. The number of carboxylic acid groups (broad SMARTS) is 1. The number of carbonyl (C=O) groups excluding carboxylic acids is 1. The summed E-state index contributed by atoms with van der Waals surface area (Å²) in [5.41, 5.74) is 5.62. The maximum Gasteiger partial charge on any atom is 0.308 e. The molecule has 0 radical (unpaired) electrons. The van der Waals surface area contributed by atoms with Crippen molar-refractivity contribution in [3.05, 3.63) is 0 Å². The van der Waals surface area contributed by atoms with Crippen molar-refractivity contribution in [2.75, 3.05) is 13.1 Å². The molecule has 1 aliphatic heterocycles. The molecule has 1 aliphatic rings. The Morgan fingerprint density at radius 2 is 2.13 bits per heavy atom. The van der Waals surface area contributed by atoms with Gasteiger partial charge >= 0.3 is 5.97 Å².